The van der Waals surface area contributed by atoms with Crippen molar-refractivity contribution in [2.75, 3.05) is 0 Å². The molecule has 0 saturated carbocycles. The minimum Gasteiger partial charge on any atom is -0.390 e. The average Bonchev–Trinajstić information content (AvgIpc) is 2.85. The van der Waals surface area contributed by atoms with Crippen molar-refractivity contribution < 1.29 is 14.8 Å². The van der Waals surface area contributed by atoms with E-state index >= 15 is 0 Å². The maximum absolute atomic E-state index is 12.3. The van der Waals surface area contributed by atoms with Crippen LogP contribution in [0.4, 0.5) is 5.69 Å². The number of carbonyl (C=O) groups excluding carboxylic acids is 1. The molecule has 7 heteroatoms. The number of nitrogens with one attached hydrogen (secondary N) is 1. The van der Waals surface area contributed by atoms with Gasteiger partial charge in [-0.15, -0.1) is 0 Å². The second-order valence-corrected chi connectivity index (χ2v) is 6.13. The van der Waals surface area contributed by atoms with Crippen LogP contribution < -0.4 is 5.32 Å². The van der Waals surface area contributed by atoms with Crippen molar-refractivity contribution in [2.24, 2.45) is 0 Å². The number of rotatable bonds is 4. The molecule has 0 aromatic heterocycles. The molecule has 0 unspecified atom stereocenters. The number of benzene rings is 2. The molecule has 0 fully saturated rings. The highest BCUT2D eigenvalue weighted by molar-refractivity contribution is 6.31. The first kappa shape index (κ1) is 16.4. The van der Waals surface area contributed by atoms with Crippen LogP contribution in [0.2, 0.25) is 5.02 Å². The Morgan fingerprint density at radius 3 is 2.79 bits per heavy atom. The van der Waals surface area contributed by atoms with E-state index in [9.17, 15) is 20.0 Å². The maximum Gasteiger partial charge on any atom is 0.270 e. The number of aliphatic hydroxyl groups excluding tert-OH is 1. The number of fused-ring (bicyclic) bond motifs is 1. The number of carbonyl (C=O) groups is 1. The van der Waals surface area contributed by atoms with Gasteiger partial charge in [0.1, 0.15) is 0 Å². The quantitative estimate of drug-likeness (QED) is 0.657. The number of nitro groups is 1. The average molecular weight is 347 g/mol. The molecule has 1 aliphatic carbocycles. The third kappa shape index (κ3) is 3.25. The summed E-state index contributed by atoms with van der Waals surface area (Å²) in [6.07, 6.45) is -0.180. The number of hydrogen-bond acceptors (Lipinski definition) is 4. The fraction of sp³-hybridized carbons (Fsp3) is 0.235. The Hall–Kier alpha value is -2.44. The fourth-order valence-corrected chi connectivity index (χ4v) is 3.18. The van der Waals surface area contributed by atoms with Gasteiger partial charge in [0, 0.05) is 18.6 Å². The molecular formula is C17H15ClN2O4. The number of halogens is 1. The molecule has 3 rings (SSSR count). The molecule has 2 atom stereocenters. The molecule has 6 nitrogen and oxygen atoms in total. The Morgan fingerprint density at radius 2 is 2.08 bits per heavy atom. The van der Waals surface area contributed by atoms with E-state index in [4.69, 9.17) is 11.6 Å². The van der Waals surface area contributed by atoms with Gasteiger partial charge in [0.15, 0.2) is 0 Å². The standard InChI is InChI=1S/C17H15ClN2O4/c18-14-9-12(20(23)24)6-5-11(14)8-16(22)19-17-13-4-2-1-3-10(13)7-15(17)21/h1-6,9,15,17,21H,7-8H2,(H,19,22)/t15-,17+/m1/s1. The van der Waals surface area contributed by atoms with Crippen LogP contribution in [0, 0.1) is 10.1 Å². The number of hydrogen-bond donors (Lipinski definition) is 2. The predicted molar refractivity (Wildman–Crippen MR) is 88.8 cm³/mol. The van der Waals surface area contributed by atoms with Gasteiger partial charge in [-0.1, -0.05) is 41.9 Å². The highest BCUT2D eigenvalue weighted by Gasteiger charge is 2.31. The summed E-state index contributed by atoms with van der Waals surface area (Å²) in [5.74, 6) is -0.300. The first-order chi connectivity index (χ1) is 11.5. The molecule has 0 spiro atoms. The molecular weight excluding hydrogens is 332 g/mol. The lowest BCUT2D eigenvalue weighted by Gasteiger charge is -2.18. The molecule has 24 heavy (non-hydrogen) atoms. The zero-order chi connectivity index (χ0) is 17.3. The summed E-state index contributed by atoms with van der Waals surface area (Å²) >= 11 is 6.01. The third-order valence-electron chi connectivity index (χ3n) is 4.12. The van der Waals surface area contributed by atoms with Crippen LogP contribution in [0.15, 0.2) is 42.5 Å². The Bertz CT molecular complexity index is 809. The number of non-ortho nitro benzene ring substituents is 1. The summed E-state index contributed by atoms with van der Waals surface area (Å²) in [5, 5.41) is 23.9. The van der Waals surface area contributed by atoms with Crippen LogP contribution in [-0.2, 0) is 17.6 Å². The molecule has 0 radical (unpaired) electrons. The largest absolute Gasteiger partial charge is 0.390 e. The van der Waals surface area contributed by atoms with Crippen LogP contribution in [0.3, 0.4) is 0 Å². The zero-order valence-corrected chi connectivity index (χ0v) is 13.4. The van der Waals surface area contributed by atoms with Crippen molar-refractivity contribution in [1.82, 2.24) is 5.32 Å². The molecule has 2 aromatic carbocycles. The number of amides is 1. The highest BCUT2D eigenvalue weighted by Crippen LogP contribution is 2.31. The van der Waals surface area contributed by atoms with Gasteiger partial charge in [-0.3, -0.25) is 14.9 Å². The normalized spacial score (nSPS) is 18.9. The van der Waals surface area contributed by atoms with Crippen LogP contribution >= 0.6 is 11.6 Å². The molecule has 124 valence electrons. The zero-order valence-electron chi connectivity index (χ0n) is 12.6. The summed E-state index contributed by atoms with van der Waals surface area (Å²) in [5.41, 5.74) is 2.31. The van der Waals surface area contributed by atoms with Crippen molar-refractivity contribution in [3.05, 3.63) is 74.3 Å². The molecule has 2 aromatic rings. The third-order valence-corrected chi connectivity index (χ3v) is 4.47. The molecule has 0 aliphatic heterocycles. The van der Waals surface area contributed by atoms with Gasteiger partial charge in [0.25, 0.3) is 5.69 Å². The van der Waals surface area contributed by atoms with Gasteiger partial charge in [-0.25, -0.2) is 0 Å². The van der Waals surface area contributed by atoms with Crippen molar-refractivity contribution in [2.45, 2.75) is 25.0 Å². The van der Waals surface area contributed by atoms with Gasteiger partial charge in [0.2, 0.25) is 5.91 Å². The lowest BCUT2D eigenvalue weighted by atomic mass is 10.1. The molecule has 0 bridgehead atoms. The minimum absolute atomic E-state index is 0.0117. The van der Waals surface area contributed by atoms with E-state index in [0.29, 0.717) is 12.0 Å². The molecule has 2 N–H and O–H groups in total. The lowest BCUT2D eigenvalue weighted by molar-refractivity contribution is -0.384. The van der Waals surface area contributed by atoms with Gasteiger partial charge in [0.05, 0.1) is 28.5 Å². The number of nitro benzene ring substituents is 1. The Labute approximate surface area is 143 Å². The highest BCUT2D eigenvalue weighted by atomic mass is 35.5. The summed E-state index contributed by atoms with van der Waals surface area (Å²) in [4.78, 5) is 22.4. The predicted octanol–water partition coefficient (Wildman–Crippen LogP) is 2.57. The van der Waals surface area contributed by atoms with E-state index in [-0.39, 0.29) is 23.0 Å². The first-order valence-corrected chi connectivity index (χ1v) is 7.81. The molecule has 1 aliphatic rings. The van der Waals surface area contributed by atoms with Crippen LogP contribution in [0.1, 0.15) is 22.7 Å². The fourth-order valence-electron chi connectivity index (χ4n) is 2.94. The topological polar surface area (TPSA) is 92.5 Å². The monoisotopic (exact) mass is 346 g/mol. The molecule has 1 amide bonds. The van der Waals surface area contributed by atoms with Gasteiger partial charge in [-0.2, -0.15) is 0 Å². The van der Waals surface area contributed by atoms with Crippen molar-refractivity contribution in [1.29, 1.82) is 0 Å². The second kappa shape index (κ2) is 6.59. The summed E-state index contributed by atoms with van der Waals surface area (Å²) in [7, 11) is 0. The van der Waals surface area contributed by atoms with E-state index in [1.807, 2.05) is 24.3 Å². The van der Waals surface area contributed by atoms with E-state index in [1.165, 1.54) is 18.2 Å². The maximum atomic E-state index is 12.3. The Balaban J connectivity index is 1.71. The van der Waals surface area contributed by atoms with Crippen molar-refractivity contribution in [3.8, 4) is 0 Å². The summed E-state index contributed by atoms with van der Waals surface area (Å²) < 4.78 is 0. The van der Waals surface area contributed by atoms with E-state index in [2.05, 4.69) is 5.32 Å². The molecule has 0 heterocycles. The van der Waals surface area contributed by atoms with Crippen LogP contribution in [0.25, 0.3) is 0 Å². The number of nitrogens with zero attached hydrogens (tertiary/aromatic N) is 1. The van der Waals surface area contributed by atoms with Crippen molar-refractivity contribution >= 4 is 23.2 Å². The van der Waals surface area contributed by atoms with Gasteiger partial charge < -0.3 is 10.4 Å². The lowest BCUT2D eigenvalue weighted by Crippen LogP contribution is -2.34. The molecule has 0 saturated heterocycles. The summed E-state index contributed by atoms with van der Waals surface area (Å²) in [6.45, 7) is 0. The van der Waals surface area contributed by atoms with Crippen LogP contribution in [-0.4, -0.2) is 22.0 Å². The minimum atomic E-state index is -0.668. The SMILES string of the molecule is O=C(Cc1ccc([N+](=O)[O-])cc1Cl)N[C@H]1c2ccccc2C[C@H]1O. The van der Waals surface area contributed by atoms with E-state index < -0.39 is 17.1 Å². The van der Waals surface area contributed by atoms with Gasteiger partial charge >= 0.3 is 0 Å². The Morgan fingerprint density at radius 1 is 1.33 bits per heavy atom. The Kier molecular flexibility index (Phi) is 4.51. The van der Waals surface area contributed by atoms with Crippen molar-refractivity contribution in [3.63, 3.8) is 0 Å². The number of aliphatic hydroxyl groups is 1. The first-order valence-electron chi connectivity index (χ1n) is 7.44. The van der Waals surface area contributed by atoms with Gasteiger partial charge in [-0.05, 0) is 16.7 Å². The van der Waals surface area contributed by atoms with Crippen LogP contribution in [0.5, 0.6) is 0 Å². The second-order valence-electron chi connectivity index (χ2n) is 5.73. The summed E-state index contributed by atoms with van der Waals surface area (Å²) in [6, 6.07) is 11.1. The smallest absolute Gasteiger partial charge is 0.270 e. The van der Waals surface area contributed by atoms with E-state index in [0.717, 1.165) is 11.1 Å². The van der Waals surface area contributed by atoms with E-state index in [1.54, 1.807) is 0 Å².